The van der Waals surface area contributed by atoms with Crippen molar-refractivity contribution in [3.63, 3.8) is 0 Å². The third-order valence-electron chi connectivity index (χ3n) is 7.04. The maximum Gasteiger partial charge on any atom is 0.393 e. The fraction of sp³-hybridized carbons (Fsp3) is 0.481. The van der Waals surface area contributed by atoms with Crippen LogP contribution in [0.2, 0.25) is 0 Å². The lowest BCUT2D eigenvalue weighted by Gasteiger charge is -2.33. The highest BCUT2D eigenvalue weighted by molar-refractivity contribution is 5.80. The van der Waals surface area contributed by atoms with Crippen LogP contribution in [-0.4, -0.2) is 77.1 Å². The predicted octanol–water partition coefficient (Wildman–Crippen LogP) is 3.38. The molecule has 1 amide bonds. The van der Waals surface area contributed by atoms with Crippen LogP contribution in [0.1, 0.15) is 34.6 Å². The summed E-state index contributed by atoms with van der Waals surface area (Å²) in [6.45, 7) is 6.96. The van der Waals surface area contributed by atoms with Crippen LogP contribution >= 0.6 is 0 Å². The van der Waals surface area contributed by atoms with E-state index in [2.05, 4.69) is 30.9 Å². The molecule has 0 saturated heterocycles. The average Bonchev–Trinajstić information content (AvgIpc) is 2.98. The second-order valence-electron chi connectivity index (χ2n) is 9.15. The topological polar surface area (TPSA) is 62.5 Å². The molecule has 2 aromatic carbocycles. The summed E-state index contributed by atoms with van der Waals surface area (Å²) in [7, 11) is 7.06. The average molecular weight is 468 g/mol. The van der Waals surface area contributed by atoms with Crippen LogP contribution < -0.4 is 14.2 Å². The van der Waals surface area contributed by atoms with Gasteiger partial charge in [-0.1, -0.05) is 0 Å². The molecule has 1 aliphatic carbocycles. The lowest BCUT2D eigenvalue weighted by atomic mass is 9.77. The minimum atomic E-state index is 0.177. The molecule has 0 radical (unpaired) electrons. The van der Waals surface area contributed by atoms with Crippen molar-refractivity contribution in [3.05, 3.63) is 46.5 Å². The Morgan fingerprint density at radius 1 is 1.03 bits per heavy atom. The van der Waals surface area contributed by atoms with Gasteiger partial charge in [0.2, 0.25) is 11.7 Å². The van der Waals surface area contributed by atoms with E-state index in [-0.39, 0.29) is 5.91 Å². The quantitative estimate of drug-likeness (QED) is 0.502. The van der Waals surface area contributed by atoms with Gasteiger partial charge in [-0.2, -0.15) is 0 Å². The zero-order valence-electron chi connectivity index (χ0n) is 20.7. The van der Waals surface area contributed by atoms with Gasteiger partial charge in [0.15, 0.2) is 11.5 Å². The van der Waals surface area contributed by atoms with Gasteiger partial charge in [-0.05, 0) is 73.3 Å². The van der Waals surface area contributed by atoms with Crippen LogP contribution in [0.4, 0.5) is 0 Å². The number of ether oxygens (including phenoxy) is 3. The van der Waals surface area contributed by atoms with E-state index in [1.54, 1.807) is 21.3 Å². The van der Waals surface area contributed by atoms with Crippen LogP contribution in [0.15, 0.2) is 24.3 Å². The van der Waals surface area contributed by atoms with E-state index in [0.717, 1.165) is 62.3 Å². The Labute approximate surface area is 201 Å². The van der Waals surface area contributed by atoms with Crippen molar-refractivity contribution in [1.29, 1.82) is 0 Å². The minimum Gasteiger partial charge on any atom is -0.493 e. The van der Waals surface area contributed by atoms with Crippen molar-refractivity contribution >= 4 is 12.7 Å². The number of benzene rings is 2. The van der Waals surface area contributed by atoms with E-state index < -0.39 is 0 Å². The molecular weight excluding hydrogens is 432 g/mol. The second-order valence-corrected chi connectivity index (χ2v) is 9.15. The standard InChI is InChI=1S/C27H35N2O5/c1-28(17-21-11-20-14-25(33-4)26(34-5)16-22(20)21)8-6-9-29-10-7-18-12-23(31-2)24(32-3)13-19(18)15-27(29)30/h12-14,16,21H,5-11,15,17H2,1-4H3/q+1/t21-/m1/s1. The Bertz CT molecular complexity index is 1070. The summed E-state index contributed by atoms with van der Waals surface area (Å²) in [5, 5.41) is 0. The Balaban J connectivity index is 1.28. The van der Waals surface area contributed by atoms with Gasteiger partial charge < -0.3 is 24.0 Å². The normalized spacial score (nSPS) is 16.9. The first-order valence-electron chi connectivity index (χ1n) is 11.8. The van der Waals surface area contributed by atoms with Crippen LogP contribution in [0.5, 0.6) is 23.0 Å². The van der Waals surface area contributed by atoms with Crippen molar-refractivity contribution in [2.24, 2.45) is 0 Å². The lowest BCUT2D eigenvalue weighted by Crippen LogP contribution is -2.36. The van der Waals surface area contributed by atoms with Crippen molar-refractivity contribution in [2.75, 3.05) is 54.6 Å². The summed E-state index contributed by atoms with van der Waals surface area (Å²) in [6, 6.07) is 8.07. The number of carbonyl (C=O) groups is 1. The first kappa shape index (κ1) is 24.1. The highest BCUT2D eigenvalue weighted by atomic mass is 16.5. The lowest BCUT2D eigenvalue weighted by molar-refractivity contribution is -0.356. The third kappa shape index (κ3) is 4.89. The van der Waals surface area contributed by atoms with E-state index in [4.69, 9.17) is 18.6 Å². The number of nitrogens with zero attached hydrogens (tertiary/aromatic N) is 2. The second kappa shape index (κ2) is 10.5. The highest BCUT2D eigenvalue weighted by Crippen LogP contribution is 2.42. The first-order valence-corrected chi connectivity index (χ1v) is 11.8. The Hall–Kier alpha value is -3.06. The third-order valence-corrected chi connectivity index (χ3v) is 7.04. The fourth-order valence-electron chi connectivity index (χ4n) is 5.10. The van der Waals surface area contributed by atoms with Crippen molar-refractivity contribution in [2.45, 2.75) is 31.6 Å². The number of fused-ring (bicyclic) bond motifs is 2. The number of likely N-dealkylation sites (N-methyl/N-ethyl adjacent to an activating group) is 1. The van der Waals surface area contributed by atoms with E-state index in [9.17, 15) is 4.79 Å². The minimum absolute atomic E-state index is 0.177. The SMILES string of the molecule is C=[O+]c1cc2c(cc1OC)C[C@@H]2CN(C)CCCN1CCc2cc(OC)c(OC)cc2CC1=O. The van der Waals surface area contributed by atoms with Gasteiger partial charge in [0.1, 0.15) is 0 Å². The number of methoxy groups -OCH3 is 3. The molecule has 0 unspecified atom stereocenters. The highest BCUT2D eigenvalue weighted by Gasteiger charge is 2.31. The van der Waals surface area contributed by atoms with E-state index in [0.29, 0.717) is 29.6 Å². The van der Waals surface area contributed by atoms with Crippen molar-refractivity contribution < 1.29 is 23.4 Å². The zero-order valence-corrected chi connectivity index (χ0v) is 20.7. The van der Waals surface area contributed by atoms with Crippen molar-refractivity contribution in [3.8, 4) is 23.0 Å². The monoisotopic (exact) mass is 467 g/mol. The molecule has 0 N–H and O–H groups in total. The summed E-state index contributed by atoms with van der Waals surface area (Å²) >= 11 is 0. The summed E-state index contributed by atoms with van der Waals surface area (Å²) in [5.41, 5.74) is 4.83. The molecule has 4 rings (SSSR count). The van der Waals surface area contributed by atoms with Gasteiger partial charge in [0.05, 0.1) is 33.8 Å². The smallest absolute Gasteiger partial charge is 0.393 e. The first-order chi connectivity index (χ1) is 16.5. The molecule has 2 aromatic rings. The maximum atomic E-state index is 12.9. The Morgan fingerprint density at radius 2 is 1.71 bits per heavy atom. The number of carbonyl (C=O) groups excluding carboxylic acids is 2. The molecule has 34 heavy (non-hydrogen) atoms. The fourth-order valence-corrected chi connectivity index (χ4v) is 5.10. The zero-order chi connectivity index (χ0) is 24.2. The van der Waals surface area contributed by atoms with Crippen LogP contribution in [-0.2, 0) is 28.5 Å². The summed E-state index contributed by atoms with van der Waals surface area (Å²) in [5.74, 6) is 3.48. The molecule has 0 saturated carbocycles. The number of hydrogen-bond donors (Lipinski definition) is 0. The molecule has 1 aliphatic heterocycles. The predicted molar refractivity (Wildman–Crippen MR) is 132 cm³/mol. The molecule has 0 bridgehead atoms. The van der Waals surface area contributed by atoms with Gasteiger partial charge in [0, 0.05) is 25.6 Å². The van der Waals surface area contributed by atoms with Crippen LogP contribution in [0.25, 0.3) is 0 Å². The molecule has 2 aliphatic rings. The molecule has 7 nitrogen and oxygen atoms in total. The van der Waals surface area contributed by atoms with E-state index in [1.807, 2.05) is 17.0 Å². The Morgan fingerprint density at radius 3 is 2.38 bits per heavy atom. The molecule has 1 heterocycles. The number of hydrogen-bond acceptors (Lipinski definition) is 5. The molecule has 0 spiro atoms. The van der Waals surface area contributed by atoms with Gasteiger partial charge in [-0.3, -0.25) is 4.79 Å². The summed E-state index contributed by atoms with van der Waals surface area (Å²) in [4.78, 5) is 17.3. The molecule has 0 aromatic heterocycles. The summed E-state index contributed by atoms with van der Waals surface area (Å²) < 4.78 is 21.4. The largest absolute Gasteiger partial charge is 0.493 e. The molecular formula is C27H35N2O5+. The number of amides is 1. The van der Waals surface area contributed by atoms with Gasteiger partial charge >= 0.3 is 5.75 Å². The van der Waals surface area contributed by atoms with Crippen LogP contribution in [0, 0.1) is 0 Å². The molecule has 182 valence electrons. The van der Waals surface area contributed by atoms with E-state index in [1.165, 1.54) is 11.1 Å². The number of rotatable bonds is 10. The Kier molecular flexibility index (Phi) is 7.41. The molecule has 0 fully saturated rings. The van der Waals surface area contributed by atoms with E-state index >= 15 is 0 Å². The van der Waals surface area contributed by atoms with Gasteiger partial charge in [0.25, 0.3) is 6.79 Å². The molecule has 1 atom stereocenters. The molecule has 7 heteroatoms. The summed E-state index contributed by atoms with van der Waals surface area (Å²) in [6.07, 6.45) is 3.23. The van der Waals surface area contributed by atoms with Crippen molar-refractivity contribution in [1.82, 2.24) is 9.80 Å². The van der Waals surface area contributed by atoms with Crippen LogP contribution in [0.3, 0.4) is 0 Å². The van der Waals surface area contributed by atoms with Gasteiger partial charge in [-0.25, -0.2) is 4.42 Å². The van der Waals surface area contributed by atoms with Gasteiger partial charge in [-0.15, -0.1) is 0 Å². The maximum absolute atomic E-state index is 12.9.